The summed E-state index contributed by atoms with van der Waals surface area (Å²) in [5.41, 5.74) is 4.69. The highest BCUT2D eigenvalue weighted by molar-refractivity contribution is 5.80. The minimum atomic E-state index is -0.311. The van der Waals surface area contributed by atoms with Crippen molar-refractivity contribution in [2.24, 2.45) is 0 Å². The molecule has 0 aliphatic carbocycles. The third-order valence-corrected chi connectivity index (χ3v) is 4.25. The van der Waals surface area contributed by atoms with E-state index < -0.39 is 0 Å². The molecule has 26 heavy (non-hydrogen) atoms. The summed E-state index contributed by atoms with van der Waals surface area (Å²) in [5, 5.41) is 0. The van der Waals surface area contributed by atoms with E-state index in [2.05, 4.69) is 49.4 Å². The van der Waals surface area contributed by atoms with Gasteiger partial charge in [0.15, 0.2) is 0 Å². The number of allylic oxidation sites excluding steroid dienone is 1. The van der Waals surface area contributed by atoms with Crippen LogP contribution in [0.4, 0.5) is 0 Å². The molecule has 0 N–H and O–H groups in total. The van der Waals surface area contributed by atoms with Crippen molar-refractivity contribution in [1.29, 1.82) is 0 Å². The fourth-order valence-electron chi connectivity index (χ4n) is 2.95. The smallest absolute Gasteiger partial charge is 0.308 e. The lowest BCUT2D eigenvalue weighted by Gasteiger charge is -2.14. The Balaban J connectivity index is 1.99. The molecule has 3 aromatic rings. The van der Waals surface area contributed by atoms with Crippen LogP contribution >= 0.6 is 0 Å². The van der Waals surface area contributed by atoms with E-state index in [4.69, 9.17) is 4.74 Å². The van der Waals surface area contributed by atoms with Gasteiger partial charge in [-0.1, -0.05) is 85.8 Å². The molecule has 0 aromatic heterocycles. The molecule has 0 fully saturated rings. The van der Waals surface area contributed by atoms with Gasteiger partial charge in [-0.2, -0.15) is 0 Å². The summed E-state index contributed by atoms with van der Waals surface area (Å²) < 4.78 is 5.15. The van der Waals surface area contributed by atoms with Gasteiger partial charge in [-0.15, -0.1) is 0 Å². The second kappa shape index (κ2) is 8.30. The minimum absolute atomic E-state index is 0.277. The summed E-state index contributed by atoms with van der Waals surface area (Å²) in [6, 6.07) is 28.5. The zero-order valence-corrected chi connectivity index (χ0v) is 15.1. The molecule has 0 saturated heterocycles. The zero-order chi connectivity index (χ0) is 18.4. The number of carbonyl (C=O) groups excluding carboxylic acids is 1. The van der Waals surface area contributed by atoms with Gasteiger partial charge in [-0.25, -0.2) is 0 Å². The van der Waals surface area contributed by atoms with Gasteiger partial charge in [0, 0.05) is 6.92 Å². The van der Waals surface area contributed by atoms with Crippen LogP contribution in [0.2, 0.25) is 0 Å². The van der Waals surface area contributed by atoms with E-state index in [1.54, 1.807) is 0 Å². The lowest BCUT2D eigenvalue weighted by molar-refractivity contribution is -0.131. The van der Waals surface area contributed by atoms with Gasteiger partial charge in [0.05, 0.1) is 0 Å². The van der Waals surface area contributed by atoms with Crippen molar-refractivity contribution in [3.05, 3.63) is 108 Å². The highest BCUT2D eigenvalue weighted by Gasteiger charge is 2.09. The predicted octanol–water partition coefficient (Wildman–Crippen LogP) is 5.85. The molecule has 0 aliphatic heterocycles. The Morgan fingerprint density at radius 1 is 0.808 bits per heavy atom. The summed E-state index contributed by atoms with van der Waals surface area (Å²) in [6.07, 6.45) is 2.28. The van der Waals surface area contributed by atoms with Crippen molar-refractivity contribution in [2.75, 3.05) is 0 Å². The first-order chi connectivity index (χ1) is 12.6. The van der Waals surface area contributed by atoms with Gasteiger partial charge >= 0.3 is 5.97 Å². The highest BCUT2D eigenvalue weighted by atomic mass is 16.5. The molecule has 1 atom stereocenters. The van der Waals surface area contributed by atoms with Crippen LogP contribution < -0.4 is 4.74 Å². The molecular formula is C24H22O2. The maximum Gasteiger partial charge on any atom is 0.308 e. The molecule has 0 radical (unpaired) electrons. The van der Waals surface area contributed by atoms with Crippen molar-refractivity contribution in [3.63, 3.8) is 0 Å². The van der Waals surface area contributed by atoms with Crippen LogP contribution in [0.25, 0.3) is 5.57 Å². The van der Waals surface area contributed by atoms with Crippen LogP contribution in [-0.4, -0.2) is 5.97 Å². The molecule has 0 aliphatic rings. The summed E-state index contributed by atoms with van der Waals surface area (Å²) in [4.78, 5) is 11.1. The fourth-order valence-corrected chi connectivity index (χ4v) is 2.95. The molecule has 0 heterocycles. The second-order valence-electron chi connectivity index (χ2n) is 6.26. The van der Waals surface area contributed by atoms with Crippen molar-refractivity contribution in [3.8, 4) is 5.75 Å². The highest BCUT2D eigenvalue weighted by Crippen LogP contribution is 2.29. The maximum absolute atomic E-state index is 11.1. The monoisotopic (exact) mass is 342 g/mol. The van der Waals surface area contributed by atoms with Crippen LogP contribution in [-0.2, 0) is 4.79 Å². The van der Waals surface area contributed by atoms with E-state index in [1.165, 1.54) is 12.5 Å². The van der Waals surface area contributed by atoms with Crippen LogP contribution in [0, 0.1) is 0 Å². The quantitative estimate of drug-likeness (QED) is 0.429. The molecule has 0 spiro atoms. The van der Waals surface area contributed by atoms with Crippen molar-refractivity contribution >= 4 is 11.5 Å². The Kier molecular flexibility index (Phi) is 5.65. The first-order valence-corrected chi connectivity index (χ1v) is 8.74. The first-order valence-electron chi connectivity index (χ1n) is 8.74. The number of hydrogen-bond acceptors (Lipinski definition) is 2. The van der Waals surface area contributed by atoms with Gasteiger partial charge in [-0.3, -0.25) is 4.79 Å². The van der Waals surface area contributed by atoms with Crippen LogP contribution in [0.3, 0.4) is 0 Å². The number of esters is 1. The molecule has 1 unspecified atom stereocenters. The first kappa shape index (κ1) is 17.7. The predicted molar refractivity (Wildman–Crippen MR) is 106 cm³/mol. The lowest BCUT2D eigenvalue weighted by Crippen LogP contribution is -2.01. The number of hydrogen-bond donors (Lipinski definition) is 0. The average molecular weight is 342 g/mol. The fraction of sp³-hybridized carbons (Fsp3) is 0.125. The molecule has 130 valence electrons. The molecule has 0 amide bonds. The van der Waals surface area contributed by atoms with Crippen LogP contribution in [0.5, 0.6) is 5.75 Å². The Bertz CT molecular complexity index is 879. The number of rotatable bonds is 5. The Labute approximate surface area is 154 Å². The maximum atomic E-state index is 11.1. The summed E-state index contributed by atoms with van der Waals surface area (Å²) >= 11 is 0. The standard InChI is InChI=1S/C24H22O2/c1-18(20-9-5-3-6-10-20)17-24(21-11-7-4-8-12-21)22-13-15-23(16-14-22)26-19(2)25/h3-18H,1-2H3/b24-17-. The van der Waals surface area contributed by atoms with Crippen molar-refractivity contribution in [1.82, 2.24) is 0 Å². The van der Waals surface area contributed by atoms with E-state index >= 15 is 0 Å². The van der Waals surface area contributed by atoms with Crippen LogP contribution in [0.15, 0.2) is 91.0 Å². The molecule has 3 rings (SSSR count). The Morgan fingerprint density at radius 3 is 1.92 bits per heavy atom. The number of carbonyl (C=O) groups is 1. The molecule has 0 saturated carbocycles. The molecule has 2 nitrogen and oxygen atoms in total. The van der Waals surface area contributed by atoms with E-state index in [-0.39, 0.29) is 11.9 Å². The molecular weight excluding hydrogens is 320 g/mol. The second-order valence-corrected chi connectivity index (χ2v) is 6.26. The van der Waals surface area contributed by atoms with E-state index in [9.17, 15) is 4.79 Å². The minimum Gasteiger partial charge on any atom is -0.427 e. The topological polar surface area (TPSA) is 26.3 Å². The van der Waals surface area contributed by atoms with Gasteiger partial charge in [-0.05, 0) is 40.3 Å². The molecule has 0 bridgehead atoms. The number of benzene rings is 3. The largest absolute Gasteiger partial charge is 0.427 e. The van der Waals surface area contributed by atoms with E-state index in [1.807, 2.05) is 48.5 Å². The SMILES string of the molecule is CC(=O)Oc1ccc(/C(=C\C(C)c2ccccc2)c2ccccc2)cc1. The van der Waals surface area contributed by atoms with Crippen LogP contribution in [0.1, 0.15) is 36.5 Å². The van der Waals surface area contributed by atoms with Gasteiger partial charge in [0.2, 0.25) is 0 Å². The van der Waals surface area contributed by atoms with Crippen molar-refractivity contribution < 1.29 is 9.53 Å². The van der Waals surface area contributed by atoms with E-state index in [0.29, 0.717) is 5.75 Å². The summed E-state index contributed by atoms with van der Waals surface area (Å²) in [5.74, 6) is 0.526. The van der Waals surface area contributed by atoms with E-state index in [0.717, 1.165) is 16.7 Å². The third-order valence-electron chi connectivity index (χ3n) is 4.25. The van der Waals surface area contributed by atoms with Crippen molar-refractivity contribution in [2.45, 2.75) is 19.8 Å². The Morgan fingerprint density at radius 2 is 1.35 bits per heavy atom. The molecule has 2 heteroatoms. The Hall–Kier alpha value is -3.13. The zero-order valence-electron chi connectivity index (χ0n) is 15.1. The lowest BCUT2D eigenvalue weighted by atomic mass is 9.91. The normalized spacial score (nSPS) is 12.5. The number of ether oxygens (including phenoxy) is 1. The summed E-state index contributed by atoms with van der Waals surface area (Å²) in [7, 11) is 0. The van der Waals surface area contributed by atoms with Gasteiger partial charge in [0.1, 0.15) is 5.75 Å². The average Bonchev–Trinajstić information content (AvgIpc) is 2.67. The third kappa shape index (κ3) is 4.48. The van der Waals surface area contributed by atoms with Gasteiger partial charge in [0.25, 0.3) is 0 Å². The van der Waals surface area contributed by atoms with Gasteiger partial charge < -0.3 is 4.74 Å². The molecule has 3 aromatic carbocycles. The summed E-state index contributed by atoms with van der Waals surface area (Å²) in [6.45, 7) is 3.61.